The molecule has 0 spiro atoms. The minimum absolute atomic E-state index is 0.143. The second kappa shape index (κ2) is 6.59. The molecule has 0 fully saturated rings. The number of nitrogens with one attached hydrogen (secondary N) is 1. The predicted molar refractivity (Wildman–Crippen MR) is 101 cm³/mol. The van der Waals surface area contributed by atoms with Crippen molar-refractivity contribution in [3.8, 4) is 0 Å². The van der Waals surface area contributed by atoms with Gasteiger partial charge in [-0.15, -0.1) is 6.58 Å². The molecule has 1 aliphatic heterocycles. The van der Waals surface area contributed by atoms with Gasteiger partial charge in [0.05, 0.1) is 22.4 Å². The molecule has 2 aromatic carbocycles. The molecule has 0 unspecified atom stereocenters. The lowest BCUT2D eigenvalue weighted by atomic mass is 9.98. The van der Waals surface area contributed by atoms with Crippen LogP contribution in [0.25, 0.3) is 0 Å². The summed E-state index contributed by atoms with van der Waals surface area (Å²) < 4.78 is 0. The van der Waals surface area contributed by atoms with Gasteiger partial charge in [-0.25, -0.2) is 0 Å². The molecule has 0 bridgehead atoms. The predicted octanol–water partition coefficient (Wildman–Crippen LogP) is 3.19. The van der Waals surface area contributed by atoms with Crippen molar-refractivity contribution in [1.82, 2.24) is 5.32 Å². The molecule has 3 amide bonds. The number of aryl methyl sites for hydroxylation is 1. The number of fused-ring (bicyclic) bond motifs is 1. The van der Waals surface area contributed by atoms with Crippen molar-refractivity contribution in [2.75, 3.05) is 11.9 Å². The zero-order valence-electron chi connectivity index (χ0n) is 15.1. The van der Waals surface area contributed by atoms with Gasteiger partial charge < -0.3 is 4.90 Å². The smallest absolute Gasteiger partial charge is 0.259 e. The van der Waals surface area contributed by atoms with Crippen LogP contribution >= 0.6 is 0 Å². The summed E-state index contributed by atoms with van der Waals surface area (Å²) in [7, 11) is 1.69. The summed E-state index contributed by atoms with van der Waals surface area (Å²) in [6.45, 7) is 7.74. The van der Waals surface area contributed by atoms with Crippen LogP contribution in [0.2, 0.25) is 0 Å². The number of imide groups is 1. The molecule has 26 heavy (non-hydrogen) atoms. The SMILES string of the molecule is C=CCc1ccc(C)c(C)c1N(C)C(=O)c1cccc2c1C(=O)NC2=O. The van der Waals surface area contributed by atoms with E-state index in [1.807, 2.05) is 26.0 Å². The van der Waals surface area contributed by atoms with Gasteiger partial charge in [0.2, 0.25) is 0 Å². The van der Waals surface area contributed by atoms with E-state index < -0.39 is 11.8 Å². The topological polar surface area (TPSA) is 66.5 Å². The highest BCUT2D eigenvalue weighted by Crippen LogP contribution is 2.30. The Morgan fingerprint density at radius 3 is 2.58 bits per heavy atom. The van der Waals surface area contributed by atoms with Crippen molar-refractivity contribution in [1.29, 1.82) is 0 Å². The summed E-state index contributed by atoms with van der Waals surface area (Å²) in [6, 6.07) is 8.74. The van der Waals surface area contributed by atoms with E-state index >= 15 is 0 Å². The Hall–Kier alpha value is -3.21. The van der Waals surface area contributed by atoms with Crippen LogP contribution in [0, 0.1) is 13.8 Å². The minimum atomic E-state index is -0.533. The van der Waals surface area contributed by atoms with Crippen LogP contribution in [-0.4, -0.2) is 24.8 Å². The Bertz CT molecular complexity index is 960. The quantitative estimate of drug-likeness (QED) is 0.682. The molecular weight excluding hydrogens is 328 g/mol. The fraction of sp³-hybridized carbons (Fsp3) is 0.190. The third-order valence-electron chi connectivity index (χ3n) is 4.78. The first-order valence-electron chi connectivity index (χ1n) is 8.33. The van der Waals surface area contributed by atoms with Crippen LogP contribution in [0.5, 0.6) is 0 Å². The van der Waals surface area contributed by atoms with Gasteiger partial charge in [0.15, 0.2) is 0 Å². The fourth-order valence-corrected chi connectivity index (χ4v) is 3.32. The second-order valence-electron chi connectivity index (χ2n) is 6.38. The van der Waals surface area contributed by atoms with Crippen molar-refractivity contribution < 1.29 is 14.4 Å². The van der Waals surface area contributed by atoms with Crippen molar-refractivity contribution >= 4 is 23.4 Å². The van der Waals surface area contributed by atoms with Gasteiger partial charge in [-0.05, 0) is 49.1 Å². The van der Waals surface area contributed by atoms with Crippen LogP contribution in [0.4, 0.5) is 5.69 Å². The maximum Gasteiger partial charge on any atom is 0.259 e. The molecule has 5 heteroatoms. The van der Waals surface area contributed by atoms with E-state index in [-0.39, 0.29) is 22.6 Å². The number of benzene rings is 2. The average molecular weight is 348 g/mol. The molecule has 5 nitrogen and oxygen atoms in total. The molecule has 0 aromatic heterocycles. The van der Waals surface area contributed by atoms with Crippen molar-refractivity contribution in [3.05, 3.63) is 76.4 Å². The number of carbonyl (C=O) groups excluding carboxylic acids is 3. The van der Waals surface area contributed by atoms with Crippen molar-refractivity contribution in [2.45, 2.75) is 20.3 Å². The molecule has 2 aromatic rings. The highest BCUT2D eigenvalue weighted by molar-refractivity contribution is 6.26. The molecule has 0 aliphatic carbocycles. The second-order valence-corrected chi connectivity index (χ2v) is 6.38. The third-order valence-corrected chi connectivity index (χ3v) is 4.78. The van der Waals surface area contributed by atoms with Gasteiger partial charge in [-0.2, -0.15) is 0 Å². The summed E-state index contributed by atoms with van der Waals surface area (Å²) in [5.41, 5.74) is 4.45. The maximum absolute atomic E-state index is 13.2. The summed E-state index contributed by atoms with van der Waals surface area (Å²) in [5, 5.41) is 2.25. The number of amides is 3. The molecule has 0 saturated carbocycles. The Morgan fingerprint density at radius 2 is 1.88 bits per heavy atom. The highest BCUT2D eigenvalue weighted by Gasteiger charge is 2.32. The molecule has 1 aliphatic rings. The monoisotopic (exact) mass is 348 g/mol. The third kappa shape index (κ3) is 2.71. The highest BCUT2D eigenvalue weighted by atomic mass is 16.2. The Kier molecular flexibility index (Phi) is 4.47. The fourth-order valence-electron chi connectivity index (χ4n) is 3.32. The van der Waals surface area contributed by atoms with E-state index in [2.05, 4.69) is 11.9 Å². The van der Waals surface area contributed by atoms with E-state index in [9.17, 15) is 14.4 Å². The summed E-state index contributed by atoms with van der Waals surface area (Å²) in [5.74, 6) is -1.33. The van der Waals surface area contributed by atoms with Gasteiger partial charge >= 0.3 is 0 Å². The lowest BCUT2D eigenvalue weighted by molar-refractivity contribution is 0.0874. The number of allylic oxidation sites excluding steroid dienone is 1. The summed E-state index contributed by atoms with van der Waals surface area (Å²) >= 11 is 0. The number of carbonyl (C=O) groups is 3. The van der Waals surface area contributed by atoms with E-state index in [1.54, 1.807) is 36.2 Å². The maximum atomic E-state index is 13.2. The average Bonchev–Trinajstić information content (AvgIpc) is 2.92. The first-order valence-corrected chi connectivity index (χ1v) is 8.33. The first-order chi connectivity index (χ1) is 12.4. The molecule has 3 rings (SSSR count). The molecular formula is C21H20N2O3. The Balaban J connectivity index is 2.11. The molecule has 1 N–H and O–H groups in total. The summed E-state index contributed by atoms with van der Waals surface area (Å²) in [6.07, 6.45) is 2.41. The van der Waals surface area contributed by atoms with E-state index in [1.165, 1.54) is 0 Å². The van der Waals surface area contributed by atoms with Crippen molar-refractivity contribution in [3.63, 3.8) is 0 Å². The van der Waals surface area contributed by atoms with Crippen LogP contribution < -0.4 is 10.2 Å². The lowest BCUT2D eigenvalue weighted by Gasteiger charge is -2.24. The number of hydrogen-bond donors (Lipinski definition) is 1. The number of anilines is 1. The Labute approximate surface area is 152 Å². The zero-order valence-corrected chi connectivity index (χ0v) is 15.1. The normalized spacial score (nSPS) is 12.6. The van der Waals surface area contributed by atoms with Gasteiger partial charge in [-0.3, -0.25) is 19.7 Å². The van der Waals surface area contributed by atoms with Crippen LogP contribution in [0.1, 0.15) is 47.8 Å². The Morgan fingerprint density at radius 1 is 1.15 bits per heavy atom. The molecule has 0 radical (unpaired) electrons. The number of hydrogen-bond acceptors (Lipinski definition) is 3. The lowest BCUT2D eigenvalue weighted by Crippen LogP contribution is -2.30. The number of rotatable bonds is 4. The largest absolute Gasteiger partial charge is 0.311 e. The molecule has 1 heterocycles. The standard InChI is InChI=1S/C21H20N2O3/c1-5-7-14-11-10-12(2)13(3)18(14)23(4)21(26)16-9-6-8-15-17(16)20(25)22-19(15)24/h5-6,8-11H,1,7H2,2-4H3,(H,22,24,25). The summed E-state index contributed by atoms with van der Waals surface area (Å²) in [4.78, 5) is 38.7. The van der Waals surface area contributed by atoms with E-state index in [0.29, 0.717) is 6.42 Å². The van der Waals surface area contributed by atoms with E-state index in [4.69, 9.17) is 0 Å². The van der Waals surface area contributed by atoms with Gasteiger partial charge in [0.1, 0.15) is 0 Å². The van der Waals surface area contributed by atoms with Gasteiger partial charge in [-0.1, -0.05) is 24.3 Å². The molecule has 0 atom stereocenters. The van der Waals surface area contributed by atoms with Crippen LogP contribution in [0.3, 0.4) is 0 Å². The van der Waals surface area contributed by atoms with Crippen LogP contribution in [0.15, 0.2) is 43.0 Å². The first kappa shape index (κ1) is 17.6. The van der Waals surface area contributed by atoms with Crippen LogP contribution in [-0.2, 0) is 6.42 Å². The number of nitrogens with zero attached hydrogens (tertiary/aromatic N) is 1. The zero-order chi connectivity index (χ0) is 19.0. The molecule has 132 valence electrons. The van der Waals surface area contributed by atoms with Crippen molar-refractivity contribution in [2.24, 2.45) is 0 Å². The van der Waals surface area contributed by atoms with Gasteiger partial charge in [0.25, 0.3) is 17.7 Å². The molecule has 0 saturated heterocycles. The van der Waals surface area contributed by atoms with Gasteiger partial charge in [0, 0.05) is 7.05 Å². The van der Waals surface area contributed by atoms with E-state index in [0.717, 1.165) is 22.4 Å². The minimum Gasteiger partial charge on any atom is -0.311 e.